The number of fused-ring (bicyclic) bond motifs is 1. The predicted octanol–water partition coefficient (Wildman–Crippen LogP) is 8.66. The molecule has 51 heavy (non-hydrogen) atoms. The van der Waals surface area contributed by atoms with E-state index in [1.54, 1.807) is 11.1 Å². The molecule has 0 unspecified atom stereocenters. The first-order chi connectivity index (χ1) is 23.5. The molecule has 280 valence electrons. The molecule has 4 heterocycles. The number of rotatable bonds is 9. The maximum Gasteiger partial charge on any atom is 0.410 e. The summed E-state index contributed by atoms with van der Waals surface area (Å²) in [6.45, 7) is 26.2. The first-order valence-electron chi connectivity index (χ1n) is 18.2. The Kier molecular flexibility index (Phi) is 10.8. The zero-order valence-electron chi connectivity index (χ0n) is 32.5. The van der Waals surface area contributed by atoms with Gasteiger partial charge in [0.05, 0.1) is 16.8 Å². The average Bonchev–Trinajstić information content (AvgIpc) is 3.79. The van der Waals surface area contributed by atoms with Gasteiger partial charge in [0.2, 0.25) is 0 Å². The van der Waals surface area contributed by atoms with Crippen LogP contribution in [0.1, 0.15) is 106 Å². The first kappa shape index (κ1) is 39.1. The van der Waals surface area contributed by atoms with E-state index >= 15 is 4.39 Å². The quantitative estimate of drug-likeness (QED) is 0.159. The molecule has 2 atom stereocenters. The van der Waals surface area contributed by atoms with Crippen LogP contribution in [0.2, 0.25) is 23.3 Å². The summed E-state index contributed by atoms with van der Waals surface area (Å²) in [5.41, 5.74) is 1.41. The van der Waals surface area contributed by atoms with E-state index in [-0.39, 0.29) is 39.3 Å². The molecule has 0 aromatic carbocycles. The molecule has 10 nitrogen and oxygen atoms in total. The number of anilines is 1. The van der Waals surface area contributed by atoms with E-state index in [1.165, 1.54) is 10.6 Å². The lowest BCUT2D eigenvalue weighted by molar-refractivity contribution is 0.0130. The summed E-state index contributed by atoms with van der Waals surface area (Å²) >= 11 is 6.35. The minimum Gasteiger partial charge on any atom is -0.444 e. The summed E-state index contributed by atoms with van der Waals surface area (Å²) in [4.78, 5) is 44.9. The van der Waals surface area contributed by atoms with E-state index in [1.807, 2.05) is 59.4 Å². The number of pyridine rings is 2. The standard InChI is InChI=1S/C38H56ClFN6O4Si/c1-23(2)29-30(26(14-18-41-29)13-15-38(16-17-38)22-49-51(11,12)37(8,9)10)46-33-27(19-28(40)31(39)42-33)32(43-34(46)47)44-20-25(4)45(21-24(44)3)35(48)50-36(5,6)7/h14,18-19,23-25H,13,15-17,20-22H2,1-12H3/t24-,25+/m0/s1. The molecule has 0 bridgehead atoms. The van der Waals surface area contributed by atoms with E-state index < -0.39 is 31.5 Å². The van der Waals surface area contributed by atoms with Crippen LogP contribution in [0.25, 0.3) is 16.7 Å². The Balaban J connectivity index is 1.56. The van der Waals surface area contributed by atoms with Crippen molar-refractivity contribution in [1.29, 1.82) is 0 Å². The van der Waals surface area contributed by atoms with E-state index in [4.69, 9.17) is 25.7 Å². The number of ether oxygens (including phenoxy) is 1. The van der Waals surface area contributed by atoms with E-state index in [0.29, 0.717) is 36.4 Å². The van der Waals surface area contributed by atoms with Gasteiger partial charge in [-0.05, 0) is 107 Å². The van der Waals surface area contributed by atoms with Crippen molar-refractivity contribution >= 4 is 42.9 Å². The van der Waals surface area contributed by atoms with Gasteiger partial charge in [-0.1, -0.05) is 46.2 Å². The smallest absolute Gasteiger partial charge is 0.410 e. The topological polar surface area (TPSA) is 103 Å². The fourth-order valence-corrected chi connectivity index (χ4v) is 7.72. The van der Waals surface area contributed by atoms with Crippen molar-refractivity contribution in [2.24, 2.45) is 5.41 Å². The summed E-state index contributed by atoms with van der Waals surface area (Å²) in [6, 6.07) is 2.74. The monoisotopic (exact) mass is 742 g/mol. The van der Waals surface area contributed by atoms with Crippen LogP contribution in [0.3, 0.4) is 0 Å². The maximum absolute atomic E-state index is 15.3. The molecule has 1 aliphatic heterocycles. The molecular formula is C38H56ClFN6O4Si. The third kappa shape index (κ3) is 8.28. The second-order valence-electron chi connectivity index (χ2n) is 17.6. The predicted molar refractivity (Wildman–Crippen MR) is 204 cm³/mol. The van der Waals surface area contributed by atoms with Crippen molar-refractivity contribution in [3.63, 3.8) is 0 Å². The van der Waals surface area contributed by atoms with Crippen molar-refractivity contribution < 1.29 is 18.3 Å². The van der Waals surface area contributed by atoms with Gasteiger partial charge in [0, 0.05) is 38.0 Å². The Hall–Kier alpha value is -3.09. The summed E-state index contributed by atoms with van der Waals surface area (Å²) < 4.78 is 29.1. The van der Waals surface area contributed by atoms with E-state index in [9.17, 15) is 9.59 Å². The molecule has 3 aromatic heterocycles. The third-order valence-corrected chi connectivity index (χ3v) is 15.6. The Morgan fingerprint density at radius 1 is 1.10 bits per heavy atom. The van der Waals surface area contributed by atoms with Crippen molar-refractivity contribution in [3.05, 3.63) is 51.0 Å². The molecular weight excluding hydrogens is 687 g/mol. The maximum atomic E-state index is 15.3. The van der Waals surface area contributed by atoms with Crippen molar-refractivity contribution in [2.75, 3.05) is 24.6 Å². The summed E-state index contributed by atoms with van der Waals surface area (Å²) in [5.74, 6) is -0.441. The minimum atomic E-state index is -1.91. The zero-order valence-corrected chi connectivity index (χ0v) is 34.2. The van der Waals surface area contributed by atoms with E-state index in [0.717, 1.165) is 37.1 Å². The van der Waals surface area contributed by atoms with Gasteiger partial charge >= 0.3 is 11.8 Å². The van der Waals surface area contributed by atoms with Crippen LogP contribution in [-0.2, 0) is 15.6 Å². The molecule has 2 fully saturated rings. The number of nitrogens with zero attached hydrogens (tertiary/aromatic N) is 6. The fraction of sp³-hybridized carbons (Fsp3) is 0.658. The van der Waals surface area contributed by atoms with Gasteiger partial charge in [-0.25, -0.2) is 23.5 Å². The molecule has 0 spiro atoms. The van der Waals surface area contributed by atoms with Crippen LogP contribution in [-0.4, -0.2) is 76.2 Å². The molecule has 0 radical (unpaired) electrons. The lowest BCUT2D eigenvalue weighted by atomic mass is 9.95. The number of hydrogen-bond donors (Lipinski definition) is 0. The van der Waals surface area contributed by atoms with Crippen LogP contribution in [0.4, 0.5) is 15.0 Å². The van der Waals surface area contributed by atoms with Gasteiger partial charge in [-0.2, -0.15) is 4.98 Å². The largest absolute Gasteiger partial charge is 0.444 e. The van der Waals surface area contributed by atoms with Crippen LogP contribution < -0.4 is 10.6 Å². The Bertz CT molecular complexity index is 1850. The van der Waals surface area contributed by atoms with Gasteiger partial charge in [0.15, 0.2) is 24.9 Å². The molecule has 13 heteroatoms. The number of aromatic nitrogens is 4. The first-order valence-corrected chi connectivity index (χ1v) is 21.5. The van der Waals surface area contributed by atoms with Crippen LogP contribution in [0.15, 0.2) is 23.1 Å². The van der Waals surface area contributed by atoms with Gasteiger partial charge in [-0.15, -0.1) is 0 Å². The number of piperazine rings is 1. The van der Waals surface area contributed by atoms with Gasteiger partial charge in [0.25, 0.3) is 0 Å². The SMILES string of the molecule is CC(C)c1nccc(CCC2(CO[Si](C)(C)C(C)(C)C)CC2)c1-n1c(=O)nc(N2C[C@@H](C)N(C(=O)OC(C)(C)C)C[C@@H]2C)c2cc(F)c(Cl)nc21. The number of carbonyl (C=O) groups is 1. The van der Waals surface area contributed by atoms with Crippen molar-refractivity contribution in [3.8, 4) is 5.69 Å². The highest BCUT2D eigenvalue weighted by atomic mass is 35.5. The van der Waals surface area contributed by atoms with Gasteiger partial charge < -0.3 is 19.0 Å². The highest BCUT2D eigenvalue weighted by Gasteiger charge is 2.46. The lowest BCUT2D eigenvalue weighted by Gasteiger charge is -2.44. The Labute approximate surface area is 308 Å². The summed E-state index contributed by atoms with van der Waals surface area (Å²) in [7, 11) is -1.91. The number of carbonyl (C=O) groups excluding carboxylic acids is 1. The lowest BCUT2D eigenvalue weighted by Crippen LogP contribution is -2.59. The average molecular weight is 743 g/mol. The van der Waals surface area contributed by atoms with Crippen LogP contribution in [0, 0.1) is 11.2 Å². The molecule has 0 N–H and O–H groups in total. The highest BCUT2D eigenvalue weighted by molar-refractivity contribution is 6.74. The number of hydrogen-bond acceptors (Lipinski definition) is 8. The van der Waals surface area contributed by atoms with Crippen molar-refractivity contribution in [1.82, 2.24) is 24.4 Å². The van der Waals surface area contributed by atoms with Crippen LogP contribution in [0.5, 0.6) is 0 Å². The molecule has 1 saturated heterocycles. The zero-order chi connectivity index (χ0) is 37.8. The molecule has 1 amide bonds. The molecule has 5 rings (SSSR count). The minimum absolute atomic E-state index is 0.0314. The fourth-order valence-electron chi connectivity index (χ4n) is 6.49. The van der Waals surface area contributed by atoms with E-state index in [2.05, 4.69) is 43.8 Å². The second kappa shape index (κ2) is 14.0. The Morgan fingerprint density at radius 3 is 2.35 bits per heavy atom. The van der Waals surface area contributed by atoms with Gasteiger partial charge in [-0.3, -0.25) is 4.98 Å². The highest BCUT2D eigenvalue weighted by Crippen LogP contribution is 2.51. The molecule has 3 aromatic rings. The normalized spacial score (nSPS) is 19.6. The second-order valence-corrected chi connectivity index (χ2v) is 22.7. The van der Waals surface area contributed by atoms with Crippen LogP contribution >= 0.6 is 11.6 Å². The third-order valence-electron chi connectivity index (χ3n) is 10.9. The number of aryl methyl sites for hydroxylation is 1. The molecule has 1 aliphatic carbocycles. The van der Waals surface area contributed by atoms with Crippen molar-refractivity contribution in [2.45, 2.75) is 137 Å². The number of amides is 1. The summed E-state index contributed by atoms with van der Waals surface area (Å²) in [6.07, 6.45) is 5.19. The summed E-state index contributed by atoms with van der Waals surface area (Å²) in [5, 5.41) is 0.150. The molecule has 2 aliphatic rings. The molecule has 1 saturated carbocycles. The van der Waals surface area contributed by atoms with Gasteiger partial charge in [0.1, 0.15) is 11.4 Å². The number of halogens is 2. The Morgan fingerprint density at radius 2 is 1.76 bits per heavy atom.